The molecule has 0 radical (unpaired) electrons. The summed E-state index contributed by atoms with van der Waals surface area (Å²) < 4.78 is 41.0. The highest BCUT2D eigenvalue weighted by Gasteiger charge is 2.65. The lowest BCUT2D eigenvalue weighted by Crippen LogP contribution is -2.70. The summed E-state index contributed by atoms with van der Waals surface area (Å²) in [6.07, 6.45) is 10.4. The van der Waals surface area contributed by atoms with Crippen LogP contribution in [0.3, 0.4) is 0 Å². The Kier molecular flexibility index (Phi) is 17.3. The van der Waals surface area contributed by atoms with Crippen LogP contribution < -0.4 is 9.47 Å². The predicted octanol–water partition coefficient (Wildman–Crippen LogP) is 9.87. The fourth-order valence-corrected chi connectivity index (χ4v) is 9.87. The van der Waals surface area contributed by atoms with Gasteiger partial charge in [0.15, 0.2) is 0 Å². The van der Waals surface area contributed by atoms with Crippen molar-refractivity contribution in [2.24, 2.45) is 22.9 Å². The third-order valence-corrected chi connectivity index (χ3v) is 12.7. The number of unbranched alkanes of at least 4 members (excludes halogenated alkanes) is 2. The average molecular weight is 857 g/mol. The SMILES string of the molecule is C=CCCOC(=O)N(Cc1ccc(F)cc1)[C@H]1CC(=NOCC)C2=C[C@H](CCCCO)[C@@H](CCCCO)[C@@H]3c4cc(OCCSc5ccccc5)ccc4O[C@@]1(OCC=C)[C@H]23. The molecule has 1 amide bonds. The highest BCUT2D eigenvalue weighted by molar-refractivity contribution is 7.99. The van der Waals surface area contributed by atoms with Crippen LogP contribution in [0.15, 0.2) is 120 Å². The van der Waals surface area contributed by atoms with Crippen molar-refractivity contribution >= 4 is 23.6 Å². The minimum Gasteiger partial charge on any atom is -0.493 e. The number of hydrogen-bond acceptors (Lipinski definition) is 10. The minimum atomic E-state index is -1.47. The summed E-state index contributed by atoms with van der Waals surface area (Å²) in [7, 11) is 0. The lowest BCUT2D eigenvalue weighted by Gasteiger charge is -2.59. The van der Waals surface area contributed by atoms with Crippen molar-refractivity contribution in [1.82, 2.24) is 4.90 Å². The van der Waals surface area contributed by atoms with Crippen molar-refractivity contribution < 1.29 is 43.2 Å². The van der Waals surface area contributed by atoms with Gasteiger partial charge in [-0.1, -0.05) is 66.6 Å². The molecule has 6 rings (SSSR count). The van der Waals surface area contributed by atoms with Gasteiger partial charge in [-0.3, -0.25) is 4.90 Å². The van der Waals surface area contributed by atoms with E-state index in [2.05, 4.69) is 37.4 Å². The highest BCUT2D eigenvalue weighted by atomic mass is 32.2. The van der Waals surface area contributed by atoms with Crippen LogP contribution in [-0.4, -0.2) is 84.1 Å². The van der Waals surface area contributed by atoms with Crippen LogP contribution in [-0.2, 0) is 20.9 Å². The lowest BCUT2D eigenvalue weighted by atomic mass is 9.55. The van der Waals surface area contributed by atoms with Gasteiger partial charge in [0.05, 0.1) is 31.5 Å². The van der Waals surface area contributed by atoms with Gasteiger partial charge >= 0.3 is 6.09 Å². The smallest absolute Gasteiger partial charge is 0.410 e. The number of oxime groups is 1. The number of carbonyl (C=O) groups excluding carboxylic acids is 1. The zero-order chi connectivity index (χ0) is 43.0. The van der Waals surface area contributed by atoms with Crippen molar-refractivity contribution in [2.45, 2.75) is 87.5 Å². The monoisotopic (exact) mass is 856 g/mol. The first-order valence-corrected chi connectivity index (χ1v) is 22.7. The van der Waals surface area contributed by atoms with Crippen molar-refractivity contribution in [3.63, 3.8) is 0 Å². The normalized spacial score (nSPS) is 23.2. The topological polar surface area (TPSA) is 119 Å². The van der Waals surface area contributed by atoms with Gasteiger partial charge in [-0.05, 0) is 104 Å². The number of fused-ring (bicyclic) bond motifs is 2. The van der Waals surface area contributed by atoms with E-state index in [0.717, 1.165) is 48.3 Å². The Morgan fingerprint density at radius 3 is 2.49 bits per heavy atom. The number of amides is 1. The number of carbonyl (C=O) groups is 1. The van der Waals surface area contributed by atoms with Crippen molar-refractivity contribution in [3.05, 3.63) is 127 Å². The van der Waals surface area contributed by atoms with Crippen LogP contribution in [0.1, 0.15) is 75.3 Å². The molecule has 0 spiro atoms. The van der Waals surface area contributed by atoms with Crippen LogP contribution in [0.4, 0.5) is 9.18 Å². The van der Waals surface area contributed by atoms with Crippen LogP contribution in [0.2, 0.25) is 0 Å². The fraction of sp³-hybridized carbons (Fsp3) is 0.469. The summed E-state index contributed by atoms with van der Waals surface area (Å²) in [6, 6.07) is 21.5. The highest BCUT2D eigenvalue weighted by Crippen LogP contribution is 2.62. The molecule has 12 heteroatoms. The third-order valence-electron chi connectivity index (χ3n) is 11.7. The number of halogens is 1. The Morgan fingerprint density at radius 1 is 1.00 bits per heavy atom. The molecule has 61 heavy (non-hydrogen) atoms. The molecule has 1 saturated carbocycles. The summed E-state index contributed by atoms with van der Waals surface area (Å²) in [5.41, 5.74) is 3.28. The van der Waals surface area contributed by atoms with Gasteiger partial charge in [0.25, 0.3) is 0 Å². The first-order chi connectivity index (χ1) is 29.9. The Balaban J connectivity index is 1.52. The molecular formula is C49H61FN2O8S. The second-order valence-electron chi connectivity index (χ2n) is 15.6. The Labute approximate surface area is 364 Å². The van der Waals surface area contributed by atoms with Crippen LogP contribution in [0.5, 0.6) is 11.5 Å². The number of aliphatic hydroxyl groups excluding tert-OH is 2. The third kappa shape index (κ3) is 11.3. The van der Waals surface area contributed by atoms with E-state index in [1.54, 1.807) is 40.9 Å². The van der Waals surface area contributed by atoms with Gasteiger partial charge in [-0.25, -0.2) is 9.18 Å². The maximum absolute atomic E-state index is 14.5. The Bertz CT molecular complexity index is 1940. The quantitative estimate of drug-likeness (QED) is 0.0393. The summed E-state index contributed by atoms with van der Waals surface area (Å²) in [4.78, 5) is 23.2. The number of ether oxygens (including phenoxy) is 4. The minimum absolute atomic E-state index is 0.0504. The standard InChI is InChI=1S/C49H61FN2O8S/c1-4-7-28-57-48(55)52(34-35-19-21-37(50)22-20-35)45-33-43(51-59-6-3)41-31-36(15-11-13-25-53)40(18-12-14-26-54)46-42-32-38(56-29-30-61-39-16-9-8-10-17-39)23-24-44(42)60-49(45,47(41)46)58-27-5-2/h4-5,8-10,16-17,19-24,31-32,36,40,45-47,53-54H,1-2,6-7,11-15,18,25-30,33-34H2,3H3/t36-,40+,45-,46+,47+,49+/m0/s1. The molecule has 2 N–H and O–H groups in total. The summed E-state index contributed by atoms with van der Waals surface area (Å²) >= 11 is 1.73. The average Bonchev–Trinajstić information content (AvgIpc) is 3.28. The number of aliphatic hydroxyl groups is 2. The van der Waals surface area contributed by atoms with Gasteiger partial charge < -0.3 is 34.0 Å². The van der Waals surface area contributed by atoms with Crippen LogP contribution in [0.25, 0.3) is 0 Å². The van der Waals surface area contributed by atoms with E-state index >= 15 is 0 Å². The molecule has 0 saturated heterocycles. The molecule has 1 aliphatic heterocycles. The number of thioether (sulfide) groups is 1. The van der Waals surface area contributed by atoms with Crippen LogP contribution in [0, 0.1) is 23.6 Å². The summed E-state index contributed by atoms with van der Waals surface area (Å²) in [5.74, 6) is -0.331. The zero-order valence-corrected chi connectivity index (χ0v) is 36.1. The second-order valence-corrected chi connectivity index (χ2v) is 16.8. The molecule has 0 bridgehead atoms. The lowest BCUT2D eigenvalue weighted by molar-refractivity contribution is -0.256. The maximum Gasteiger partial charge on any atom is 0.410 e. The summed E-state index contributed by atoms with van der Waals surface area (Å²) in [6.45, 7) is 11.0. The Hall–Kier alpha value is -4.62. The summed E-state index contributed by atoms with van der Waals surface area (Å²) in [5, 5.41) is 24.6. The molecule has 3 aromatic carbocycles. The predicted molar refractivity (Wildman–Crippen MR) is 237 cm³/mol. The molecule has 6 atom stereocenters. The van der Waals surface area contributed by atoms with Crippen LogP contribution >= 0.6 is 11.8 Å². The molecule has 1 heterocycles. The number of hydrogen-bond donors (Lipinski definition) is 2. The van der Waals surface area contributed by atoms with E-state index in [1.807, 2.05) is 37.3 Å². The first-order valence-electron chi connectivity index (χ1n) is 21.7. The van der Waals surface area contributed by atoms with E-state index in [4.69, 9.17) is 28.9 Å². The number of nitrogens with zero attached hydrogens (tertiary/aromatic N) is 2. The molecule has 1 fully saturated rings. The molecule has 3 aliphatic rings. The molecule has 328 valence electrons. The fourth-order valence-electron chi connectivity index (χ4n) is 9.12. The van der Waals surface area contributed by atoms with Gasteiger partial charge in [0.2, 0.25) is 5.79 Å². The number of benzene rings is 3. The molecule has 3 aromatic rings. The number of rotatable bonds is 24. The second kappa shape index (κ2) is 23.0. The molecule has 10 nitrogen and oxygen atoms in total. The van der Waals surface area contributed by atoms with E-state index < -0.39 is 23.8 Å². The molecule has 2 aliphatic carbocycles. The number of allylic oxidation sites excluding steroid dienone is 1. The van der Waals surface area contributed by atoms with E-state index in [0.29, 0.717) is 49.5 Å². The molecular weight excluding hydrogens is 796 g/mol. The van der Waals surface area contributed by atoms with Gasteiger partial charge in [0.1, 0.15) is 30.0 Å². The largest absolute Gasteiger partial charge is 0.493 e. The van der Waals surface area contributed by atoms with Crippen molar-refractivity contribution in [1.29, 1.82) is 0 Å². The first kappa shape index (κ1) is 45.9. The zero-order valence-electron chi connectivity index (χ0n) is 35.3. The van der Waals surface area contributed by atoms with E-state index in [1.165, 1.54) is 17.0 Å². The molecule has 0 aromatic heterocycles. The molecule has 0 unspecified atom stereocenters. The Morgan fingerprint density at radius 2 is 1.77 bits per heavy atom. The van der Waals surface area contributed by atoms with E-state index in [9.17, 15) is 19.4 Å². The van der Waals surface area contributed by atoms with Gasteiger partial charge in [-0.15, -0.1) is 24.9 Å². The maximum atomic E-state index is 14.5. The van der Waals surface area contributed by atoms with Gasteiger partial charge in [-0.2, -0.15) is 0 Å². The van der Waals surface area contributed by atoms with Crippen molar-refractivity contribution in [3.8, 4) is 11.5 Å². The van der Waals surface area contributed by atoms with Crippen molar-refractivity contribution in [2.75, 3.05) is 45.4 Å². The van der Waals surface area contributed by atoms with E-state index in [-0.39, 0.29) is 63.0 Å². The van der Waals surface area contributed by atoms with Gasteiger partial charge in [0, 0.05) is 48.3 Å².